The summed E-state index contributed by atoms with van der Waals surface area (Å²) >= 11 is 23.6. The quantitative estimate of drug-likeness (QED) is 0.109. The Kier molecular flexibility index (Phi) is 11.3. The first-order valence-electron chi connectivity index (χ1n) is 11.4. The topological polar surface area (TPSA) is 97.1 Å². The fourth-order valence-corrected chi connectivity index (χ4v) is 3.90. The third-order valence-electron chi connectivity index (χ3n) is 4.96. The van der Waals surface area contributed by atoms with Gasteiger partial charge in [-0.15, -0.1) is 0 Å². The second kappa shape index (κ2) is 14.6. The van der Waals surface area contributed by atoms with E-state index in [1.54, 1.807) is 67.6 Å². The number of ether oxygens (including phenoxy) is 4. The molecule has 0 bridgehead atoms. The zero-order valence-electron chi connectivity index (χ0n) is 21.0. The number of nitro groups is 1. The number of hydrogen-bond acceptors (Lipinski definition) is 7. The maximum absolute atomic E-state index is 11.3. The number of rotatable bonds is 8. The molecule has 0 saturated heterocycles. The van der Waals surface area contributed by atoms with Crippen molar-refractivity contribution in [1.82, 2.24) is 0 Å². The van der Waals surface area contributed by atoms with Crippen LogP contribution in [-0.4, -0.2) is 24.1 Å². The summed E-state index contributed by atoms with van der Waals surface area (Å²) < 4.78 is 21.2. The van der Waals surface area contributed by atoms with E-state index in [0.717, 1.165) is 0 Å². The van der Waals surface area contributed by atoms with E-state index in [4.69, 9.17) is 60.6 Å². The van der Waals surface area contributed by atoms with E-state index >= 15 is 0 Å². The number of hydrogen-bond donors (Lipinski definition) is 0. The molecule has 0 aliphatic heterocycles. The van der Waals surface area contributed by atoms with Gasteiger partial charge < -0.3 is 18.9 Å². The second-order valence-electron chi connectivity index (χ2n) is 7.86. The van der Waals surface area contributed by atoms with Crippen molar-refractivity contribution in [3.63, 3.8) is 0 Å². The Morgan fingerprint density at radius 2 is 1.15 bits per heavy atom. The molecule has 4 aromatic carbocycles. The van der Waals surface area contributed by atoms with Crippen LogP contribution in [0.3, 0.4) is 0 Å². The minimum absolute atomic E-state index is 0.00422. The van der Waals surface area contributed by atoms with Gasteiger partial charge in [0.2, 0.25) is 0 Å². The SMILES string of the molecule is COC(=O)C(C)Oc1ccc(Oc2ccc(Cl)cc2Cl)cc1.O=[N+]([O-])c1ccc(Oc2ccc(Cl)cc2Cl)cc1. The van der Waals surface area contributed by atoms with Crippen LogP contribution in [0, 0.1) is 10.1 Å². The number of carbonyl (C=O) groups is 1. The molecule has 0 aromatic heterocycles. The van der Waals surface area contributed by atoms with Crippen molar-refractivity contribution in [3.8, 4) is 28.7 Å². The van der Waals surface area contributed by atoms with Gasteiger partial charge in [-0.25, -0.2) is 4.79 Å². The zero-order chi connectivity index (χ0) is 29.2. The van der Waals surface area contributed by atoms with Gasteiger partial charge in [-0.2, -0.15) is 0 Å². The fourth-order valence-electron chi connectivity index (χ4n) is 3.01. The molecule has 0 fully saturated rings. The van der Waals surface area contributed by atoms with E-state index in [1.807, 2.05) is 0 Å². The van der Waals surface area contributed by atoms with E-state index in [9.17, 15) is 14.9 Å². The molecule has 0 aliphatic rings. The molecule has 0 amide bonds. The lowest BCUT2D eigenvalue weighted by molar-refractivity contribution is -0.384. The number of non-ortho nitro benzene ring substituents is 1. The van der Waals surface area contributed by atoms with Gasteiger partial charge in [-0.1, -0.05) is 46.4 Å². The Bertz CT molecular complexity index is 1460. The standard InChI is InChI=1S/C16H14Cl2O4.C12H7Cl2NO3/c1-10(16(19)20-2)21-12-4-6-13(7-5-12)22-15-8-3-11(17)9-14(15)18;13-8-1-6-12(11(14)7-8)18-10-4-2-9(3-5-10)15(16)17/h3-10H,1-2H3;1-7H. The number of nitrogens with zero attached hydrogens (tertiary/aromatic N) is 1. The van der Waals surface area contributed by atoms with Crippen molar-refractivity contribution in [2.75, 3.05) is 7.11 Å². The minimum Gasteiger partial charge on any atom is -0.479 e. The highest BCUT2D eigenvalue weighted by atomic mass is 35.5. The number of esters is 1. The Labute approximate surface area is 250 Å². The molecule has 208 valence electrons. The van der Waals surface area contributed by atoms with Gasteiger partial charge in [0.25, 0.3) is 5.69 Å². The van der Waals surface area contributed by atoms with E-state index in [2.05, 4.69) is 4.74 Å². The predicted molar refractivity (Wildman–Crippen MR) is 155 cm³/mol. The number of halogens is 4. The van der Waals surface area contributed by atoms with Crippen molar-refractivity contribution in [1.29, 1.82) is 0 Å². The molecule has 4 aromatic rings. The maximum atomic E-state index is 11.3. The lowest BCUT2D eigenvalue weighted by Crippen LogP contribution is -2.24. The van der Waals surface area contributed by atoms with Crippen LogP contribution in [0.2, 0.25) is 20.1 Å². The van der Waals surface area contributed by atoms with Gasteiger partial charge in [0.15, 0.2) is 6.10 Å². The molecule has 0 heterocycles. The number of nitro benzene ring substituents is 1. The smallest absolute Gasteiger partial charge is 0.346 e. The first kappa shape index (κ1) is 30.8. The summed E-state index contributed by atoms with van der Waals surface area (Å²) in [6.45, 7) is 1.61. The van der Waals surface area contributed by atoms with E-state index in [-0.39, 0.29) is 5.69 Å². The van der Waals surface area contributed by atoms with Crippen LogP contribution < -0.4 is 14.2 Å². The van der Waals surface area contributed by atoms with Crippen LogP contribution >= 0.6 is 46.4 Å². The van der Waals surface area contributed by atoms with Crippen LogP contribution in [0.1, 0.15) is 6.92 Å². The summed E-state index contributed by atoms with van der Waals surface area (Å²) in [6.07, 6.45) is -0.678. The van der Waals surface area contributed by atoms with E-state index in [0.29, 0.717) is 48.8 Å². The summed E-state index contributed by atoms with van der Waals surface area (Å²) in [7, 11) is 1.31. The molecule has 1 unspecified atom stereocenters. The highest BCUT2D eigenvalue weighted by Gasteiger charge is 2.14. The van der Waals surface area contributed by atoms with Gasteiger partial charge in [0.1, 0.15) is 28.7 Å². The van der Waals surface area contributed by atoms with Crippen LogP contribution in [0.4, 0.5) is 5.69 Å². The van der Waals surface area contributed by atoms with Crippen molar-refractivity contribution < 1.29 is 28.7 Å². The molecule has 1 atom stereocenters. The summed E-state index contributed by atoms with van der Waals surface area (Å²) in [5.41, 5.74) is 0.00422. The van der Waals surface area contributed by atoms with Gasteiger partial charge in [-0.3, -0.25) is 10.1 Å². The van der Waals surface area contributed by atoms with Crippen molar-refractivity contribution in [2.24, 2.45) is 0 Å². The average molecular weight is 625 g/mol. The molecule has 4 rings (SSSR count). The van der Waals surface area contributed by atoms with Crippen LogP contribution in [0.25, 0.3) is 0 Å². The predicted octanol–water partition coefficient (Wildman–Crippen LogP) is 9.42. The summed E-state index contributed by atoms with van der Waals surface area (Å²) in [6, 6.07) is 22.4. The van der Waals surface area contributed by atoms with Gasteiger partial charge in [0.05, 0.1) is 22.1 Å². The second-order valence-corrected chi connectivity index (χ2v) is 9.55. The summed E-state index contributed by atoms with van der Waals surface area (Å²) in [5.74, 6) is 2.09. The van der Waals surface area contributed by atoms with Crippen molar-refractivity contribution in [3.05, 3.63) is 115 Å². The molecule has 0 saturated carbocycles. The third-order valence-corrected chi connectivity index (χ3v) is 6.02. The Balaban J connectivity index is 0.000000225. The van der Waals surface area contributed by atoms with Gasteiger partial charge in [-0.05, 0) is 79.7 Å². The van der Waals surface area contributed by atoms with Crippen LogP contribution in [0.15, 0.2) is 84.9 Å². The Morgan fingerprint density at radius 1 is 0.725 bits per heavy atom. The normalized spacial score (nSPS) is 10.9. The number of carbonyl (C=O) groups excluding carboxylic acids is 1. The first-order chi connectivity index (χ1) is 19.0. The molecule has 0 aliphatic carbocycles. The molecule has 40 heavy (non-hydrogen) atoms. The third kappa shape index (κ3) is 9.20. The highest BCUT2D eigenvalue weighted by molar-refractivity contribution is 6.36. The molecular weight excluding hydrogens is 604 g/mol. The minimum atomic E-state index is -0.678. The van der Waals surface area contributed by atoms with Gasteiger partial charge in [0, 0.05) is 22.2 Å². The summed E-state index contributed by atoms with van der Waals surface area (Å²) in [4.78, 5) is 21.3. The van der Waals surface area contributed by atoms with Crippen LogP contribution in [-0.2, 0) is 9.53 Å². The average Bonchev–Trinajstić information content (AvgIpc) is 2.93. The fraction of sp³-hybridized carbons (Fsp3) is 0.107. The molecule has 0 radical (unpaired) electrons. The monoisotopic (exact) mass is 623 g/mol. The molecule has 8 nitrogen and oxygen atoms in total. The first-order valence-corrected chi connectivity index (χ1v) is 12.9. The van der Waals surface area contributed by atoms with Crippen molar-refractivity contribution in [2.45, 2.75) is 13.0 Å². The molecule has 12 heteroatoms. The zero-order valence-corrected chi connectivity index (χ0v) is 24.0. The maximum Gasteiger partial charge on any atom is 0.346 e. The lowest BCUT2D eigenvalue weighted by atomic mass is 10.3. The number of benzene rings is 4. The van der Waals surface area contributed by atoms with Gasteiger partial charge >= 0.3 is 5.97 Å². The number of methoxy groups -OCH3 is 1. The lowest BCUT2D eigenvalue weighted by Gasteiger charge is -2.13. The Morgan fingerprint density at radius 3 is 1.55 bits per heavy atom. The Hall–Kier alpha value is -3.69. The van der Waals surface area contributed by atoms with E-state index < -0.39 is 17.0 Å². The molecular formula is C28H21Cl4NO7. The van der Waals surface area contributed by atoms with E-state index in [1.165, 1.54) is 31.4 Å². The largest absolute Gasteiger partial charge is 0.479 e. The molecule has 0 spiro atoms. The highest BCUT2D eigenvalue weighted by Crippen LogP contribution is 2.33. The van der Waals surface area contributed by atoms with Crippen molar-refractivity contribution >= 4 is 58.1 Å². The van der Waals surface area contributed by atoms with Crippen LogP contribution in [0.5, 0.6) is 28.7 Å². The molecule has 0 N–H and O–H groups in total. The summed E-state index contributed by atoms with van der Waals surface area (Å²) in [5, 5.41) is 12.3.